The summed E-state index contributed by atoms with van der Waals surface area (Å²) in [5.74, 6) is 2.05. The molecule has 0 unspecified atom stereocenters. The third-order valence-electron chi connectivity index (χ3n) is 6.33. The largest absolute Gasteiger partial charge is 0.469 e. The number of amides is 1. The van der Waals surface area contributed by atoms with Gasteiger partial charge >= 0.3 is 5.97 Å². The van der Waals surface area contributed by atoms with Gasteiger partial charge in [0.2, 0.25) is 5.91 Å². The van der Waals surface area contributed by atoms with Crippen molar-refractivity contribution < 1.29 is 24.2 Å². The highest BCUT2D eigenvalue weighted by Gasteiger charge is 2.55. The maximum atomic E-state index is 13.4. The second-order valence-corrected chi connectivity index (χ2v) is 8.15. The number of aliphatic hydroxyl groups is 1. The Labute approximate surface area is 149 Å². The molecule has 6 nitrogen and oxygen atoms in total. The predicted molar refractivity (Wildman–Crippen MR) is 91.7 cm³/mol. The van der Waals surface area contributed by atoms with Gasteiger partial charge < -0.3 is 19.5 Å². The van der Waals surface area contributed by atoms with Crippen LogP contribution in [0, 0.1) is 23.2 Å². The summed E-state index contributed by atoms with van der Waals surface area (Å²) in [5, 5.41) is 8.84. The third-order valence-corrected chi connectivity index (χ3v) is 6.33. The molecule has 4 saturated carbocycles. The van der Waals surface area contributed by atoms with E-state index in [1.807, 2.05) is 0 Å². The van der Waals surface area contributed by atoms with Crippen LogP contribution in [0.5, 0.6) is 0 Å². The van der Waals surface area contributed by atoms with E-state index in [1.165, 1.54) is 26.4 Å². The lowest BCUT2D eigenvalue weighted by atomic mass is 9.49. The van der Waals surface area contributed by atoms with E-state index in [2.05, 4.69) is 0 Å². The van der Waals surface area contributed by atoms with E-state index in [1.54, 1.807) is 4.90 Å². The second-order valence-electron chi connectivity index (χ2n) is 8.15. The highest BCUT2D eigenvalue weighted by Crippen LogP contribution is 2.60. The quantitative estimate of drug-likeness (QED) is 0.503. The van der Waals surface area contributed by atoms with Crippen LogP contribution in [-0.2, 0) is 19.1 Å². The van der Waals surface area contributed by atoms with Gasteiger partial charge in [0.05, 0.1) is 38.8 Å². The zero-order valence-electron chi connectivity index (χ0n) is 15.2. The number of aliphatic hydroxyl groups excluding tert-OH is 1. The third kappa shape index (κ3) is 4.17. The molecular weight excluding hydrogens is 322 g/mol. The number of hydrogen-bond acceptors (Lipinski definition) is 5. The van der Waals surface area contributed by atoms with Gasteiger partial charge in [0.1, 0.15) is 0 Å². The van der Waals surface area contributed by atoms with E-state index in [9.17, 15) is 9.59 Å². The molecule has 1 N–H and O–H groups in total. The molecule has 4 aliphatic carbocycles. The number of nitrogens with zero attached hydrogens (tertiary/aromatic N) is 1. The van der Waals surface area contributed by atoms with Gasteiger partial charge in [-0.25, -0.2) is 0 Å². The van der Waals surface area contributed by atoms with Crippen molar-refractivity contribution in [1.29, 1.82) is 0 Å². The zero-order valence-corrected chi connectivity index (χ0v) is 15.2. The van der Waals surface area contributed by atoms with Crippen LogP contribution in [0.15, 0.2) is 0 Å². The van der Waals surface area contributed by atoms with Crippen molar-refractivity contribution in [3.8, 4) is 0 Å². The number of carbonyl (C=O) groups is 2. The fraction of sp³-hybridized carbons (Fsp3) is 0.895. The van der Waals surface area contributed by atoms with Gasteiger partial charge in [-0.1, -0.05) is 0 Å². The average Bonchev–Trinajstić information content (AvgIpc) is 2.59. The lowest BCUT2D eigenvalue weighted by Crippen LogP contribution is -2.55. The first-order chi connectivity index (χ1) is 12.1. The van der Waals surface area contributed by atoms with Crippen molar-refractivity contribution in [2.75, 3.05) is 40.0 Å². The molecule has 0 aromatic heterocycles. The maximum absolute atomic E-state index is 13.4. The van der Waals surface area contributed by atoms with Gasteiger partial charge in [-0.2, -0.15) is 0 Å². The molecule has 0 spiro atoms. The Balaban J connectivity index is 1.65. The minimum absolute atomic E-state index is 0.0227. The maximum Gasteiger partial charge on any atom is 0.307 e. The average molecular weight is 353 g/mol. The molecule has 4 bridgehead atoms. The van der Waals surface area contributed by atoms with Crippen molar-refractivity contribution in [3.63, 3.8) is 0 Å². The smallest absolute Gasteiger partial charge is 0.307 e. The number of rotatable bonds is 9. The lowest BCUT2D eigenvalue weighted by molar-refractivity contribution is -0.159. The van der Waals surface area contributed by atoms with Crippen molar-refractivity contribution in [3.05, 3.63) is 0 Å². The van der Waals surface area contributed by atoms with Crippen molar-refractivity contribution in [2.24, 2.45) is 23.2 Å². The molecule has 4 fully saturated rings. The summed E-state index contributed by atoms with van der Waals surface area (Å²) in [6.45, 7) is 1.49. The highest BCUT2D eigenvalue weighted by molar-refractivity contribution is 5.84. The van der Waals surface area contributed by atoms with Crippen LogP contribution in [0.2, 0.25) is 0 Å². The number of hydrogen-bond donors (Lipinski definition) is 1. The van der Waals surface area contributed by atoms with E-state index in [0.717, 1.165) is 19.3 Å². The van der Waals surface area contributed by atoms with Gasteiger partial charge in [0, 0.05) is 13.1 Å². The molecule has 0 heterocycles. The number of methoxy groups -OCH3 is 1. The molecular formula is C19H31NO5. The van der Waals surface area contributed by atoms with Crippen LogP contribution >= 0.6 is 0 Å². The van der Waals surface area contributed by atoms with E-state index < -0.39 is 0 Å². The molecule has 0 aromatic carbocycles. The molecule has 0 aromatic rings. The molecule has 6 heteroatoms. The van der Waals surface area contributed by atoms with Crippen molar-refractivity contribution in [2.45, 2.75) is 44.9 Å². The van der Waals surface area contributed by atoms with Gasteiger partial charge in [-0.05, 0) is 56.3 Å². The Morgan fingerprint density at radius 3 is 2.16 bits per heavy atom. The van der Waals surface area contributed by atoms with E-state index in [4.69, 9.17) is 14.6 Å². The molecule has 0 aliphatic heterocycles. The first-order valence-electron chi connectivity index (χ1n) is 9.61. The topological polar surface area (TPSA) is 76.1 Å². The summed E-state index contributed by atoms with van der Waals surface area (Å²) in [7, 11) is 1.37. The van der Waals surface area contributed by atoms with Gasteiger partial charge in [-0.15, -0.1) is 0 Å². The monoisotopic (exact) mass is 353 g/mol. The fourth-order valence-corrected chi connectivity index (χ4v) is 5.69. The summed E-state index contributed by atoms with van der Waals surface area (Å²) in [4.78, 5) is 26.8. The Kier molecular flexibility index (Phi) is 6.00. The van der Waals surface area contributed by atoms with Crippen LogP contribution in [0.4, 0.5) is 0 Å². The van der Waals surface area contributed by atoms with Crippen molar-refractivity contribution in [1.82, 2.24) is 4.90 Å². The van der Waals surface area contributed by atoms with E-state index in [-0.39, 0.29) is 36.9 Å². The number of carbonyl (C=O) groups excluding carboxylic acids is 2. The summed E-state index contributed by atoms with van der Waals surface area (Å²) in [6, 6.07) is 0. The predicted octanol–water partition coefficient (Wildman–Crippen LogP) is 1.60. The number of ether oxygens (including phenoxy) is 2. The minimum atomic E-state index is -0.292. The molecule has 4 rings (SSSR count). The zero-order chi connectivity index (χ0) is 17.9. The lowest BCUT2D eigenvalue weighted by Gasteiger charge is -2.56. The van der Waals surface area contributed by atoms with Crippen molar-refractivity contribution >= 4 is 11.9 Å². The van der Waals surface area contributed by atoms with E-state index >= 15 is 0 Å². The summed E-state index contributed by atoms with van der Waals surface area (Å²) >= 11 is 0. The van der Waals surface area contributed by atoms with Crippen LogP contribution in [-0.4, -0.2) is 61.9 Å². The number of esters is 1. The summed E-state index contributed by atoms with van der Waals surface area (Å²) < 4.78 is 10.1. The van der Waals surface area contributed by atoms with E-state index in [0.29, 0.717) is 37.5 Å². The standard InChI is InChI=1S/C19H31NO5/c1-24-17(22)2-3-20(4-6-25-7-5-21)18(23)19-11-14-8-15(12-19)10-16(9-14)13-19/h14-16,21H,2-13H2,1H3. The molecule has 142 valence electrons. The second kappa shape index (κ2) is 8.04. The normalized spacial score (nSPS) is 32.6. The molecule has 0 atom stereocenters. The molecule has 4 aliphatic rings. The van der Waals surface area contributed by atoms with Crippen LogP contribution in [0.25, 0.3) is 0 Å². The Hall–Kier alpha value is -1.14. The summed E-state index contributed by atoms with van der Waals surface area (Å²) in [5.41, 5.74) is -0.207. The Bertz CT molecular complexity index is 457. The molecule has 25 heavy (non-hydrogen) atoms. The van der Waals surface area contributed by atoms with Gasteiger partial charge in [0.25, 0.3) is 0 Å². The Morgan fingerprint density at radius 1 is 1.04 bits per heavy atom. The first-order valence-corrected chi connectivity index (χ1v) is 9.61. The first kappa shape index (κ1) is 18.6. The van der Waals surface area contributed by atoms with Crippen LogP contribution in [0.3, 0.4) is 0 Å². The summed E-state index contributed by atoms with van der Waals surface area (Å²) in [6.07, 6.45) is 7.17. The van der Waals surface area contributed by atoms with Crippen LogP contribution in [0.1, 0.15) is 44.9 Å². The highest BCUT2D eigenvalue weighted by atomic mass is 16.5. The Morgan fingerprint density at radius 2 is 1.64 bits per heavy atom. The van der Waals surface area contributed by atoms with Gasteiger partial charge in [-0.3, -0.25) is 9.59 Å². The van der Waals surface area contributed by atoms with Gasteiger partial charge in [0.15, 0.2) is 0 Å². The molecule has 1 amide bonds. The molecule has 0 radical (unpaired) electrons. The fourth-order valence-electron chi connectivity index (χ4n) is 5.69. The SMILES string of the molecule is COC(=O)CCN(CCOCCO)C(=O)C12CC3CC(CC(C3)C1)C2. The van der Waals surface area contributed by atoms with Crippen LogP contribution < -0.4 is 0 Å². The minimum Gasteiger partial charge on any atom is -0.469 e. The molecule has 0 saturated heterocycles.